The Morgan fingerprint density at radius 3 is 2.09 bits per heavy atom. The number of esters is 3. The smallest absolute Gasteiger partial charge is 0.340 e. The molecule has 0 aromatic heterocycles. The molecule has 46 heavy (non-hydrogen) atoms. The largest absolute Gasteiger partial charge is 0.458 e. The van der Waals surface area contributed by atoms with Crippen molar-refractivity contribution in [2.75, 3.05) is 0 Å². The lowest BCUT2D eigenvalue weighted by atomic mass is 9.51. The Bertz CT molecular complexity index is 1760. The summed E-state index contributed by atoms with van der Waals surface area (Å²) < 4.78 is 56.3. The maximum absolute atomic E-state index is 13.9. The molecule has 0 radical (unpaired) electrons. The van der Waals surface area contributed by atoms with Crippen molar-refractivity contribution < 1.29 is 41.6 Å². The highest BCUT2D eigenvalue weighted by Crippen LogP contribution is 2.61. The van der Waals surface area contributed by atoms with E-state index < -0.39 is 58.0 Å². The predicted molar refractivity (Wildman–Crippen MR) is 197 cm³/mol. The zero-order valence-corrected chi connectivity index (χ0v) is 33.5. The van der Waals surface area contributed by atoms with Crippen molar-refractivity contribution in [2.24, 2.45) is 47.3 Å². The SMILES string of the molecule is O=C(OC1C2CC3C1OC(=O)C3C2C(=O)Oc1ccc(S(=O)(=O)O)c(C2C3CC4CC(C3)CC2C4)c1)c1c(I)c(I)cc(I)c1I. The third-order valence-electron chi connectivity index (χ3n) is 11.4. The van der Waals surface area contributed by atoms with Crippen molar-refractivity contribution >= 4 is 118 Å². The minimum Gasteiger partial charge on any atom is -0.458 e. The highest BCUT2D eigenvalue weighted by atomic mass is 127. The monoisotopic (exact) mass is 1100 g/mol. The van der Waals surface area contributed by atoms with Gasteiger partial charge >= 0.3 is 17.9 Å². The molecule has 6 aliphatic carbocycles. The van der Waals surface area contributed by atoms with Gasteiger partial charge in [-0.2, -0.15) is 8.42 Å². The summed E-state index contributed by atoms with van der Waals surface area (Å²) in [7, 11) is -4.50. The number of rotatable bonds is 6. The maximum atomic E-state index is 13.9. The van der Waals surface area contributed by atoms with Crippen LogP contribution in [-0.4, -0.2) is 43.1 Å². The zero-order valence-electron chi connectivity index (χ0n) is 24.0. The highest BCUT2D eigenvalue weighted by Gasteiger charge is 2.70. The van der Waals surface area contributed by atoms with Gasteiger partial charge < -0.3 is 14.2 Å². The third kappa shape index (κ3) is 5.29. The second-order valence-electron chi connectivity index (χ2n) is 13.8. The van der Waals surface area contributed by atoms with E-state index in [1.807, 2.05) is 6.07 Å². The van der Waals surface area contributed by atoms with E-state index in [0.717, 1.165) is 40.0 Å². The number of ether oxygens (including phenoxy) is 3. The van der Waals surface area contributed by atoms with Crippen LogP contribution in [0, 0.1) is 61.6 Å². The topological polar surface area (TPSA) is 133 Å². The number of fused-ring (bicyclic) bond motifs is 1. The molecule has 1 aliphatic heterocycles. The molecule has 0 amide bonds. The van der Waals surface area contributed by atoms with Crippen LogP contribution in [0.4, 0.5) is 0 Å². The molecule has 9 rings (SSSR count). The quantitative estimate of drug-likeness (QED) is 0.109. The maximum Gasteiger partial charge on any atom is 0.340 e. The molecule has 1 heterocycles. The van der Waals surface area contributed by atoms with Gasteiger partial charge in [-0.3, -0.25) is 14.1 Å². The van der Waals surface area contributed by atoms with Crippen molar-refractivity contribution in [3.05, 3.63) is 49.7 Å². The second-order valence-corrected chi connectivity index (χ2v) is 19.7. The van der Waals surface area contributed by atoms with Gasteiger partial charge in [-0.25, -0.2) is 4.79 Å². The first-order valence-electron chi connectivity index (χ1n) is 15.4. The first-order valence-corrected chi connectivity index (χ1v) is 21.1. The van der Waals surface area contributed by atoms with Gasteiger partial charge in [0.25, 0.3) is 10.1 Å². The summed E-state index contributed by atoms with van der Waals surface area (Å²) >= 11 is 8.63. The van der Waals surface area contributed by atoms with Crippen molar-refractivity contribution in [3.8, 4) is 5.75 Å². The van der Waals surface area contributed by atoms with E-state index in [4.69, 9.17) is 14.2 Å². The number of carbonyl (C=O) groups excluding carboxylic acids is 3. The average molecular weight is 1100 g/mol. The molecule has 7 aliphatic rings. The summed E-state index contributed by atoms with van der Waals surface area (Å²) in [5.41, 5.74) is 0.967. The minimum absolute atomic E-state index is 0.0325. The van der Waals surface area contributed by atoms with E-state index in [-0.39, 0.29) is 22.5 Å². The van der Waals surface area contributed by atoms with E-state index in [0.29, 0.717) is 41.2 Å². The number of hydrogen-bond acceptors (Lipinski definition) is 8. The first kappa shape index (κ1) is 32.9. The van der Waals surface area contributed by atoms with Crippen LogP contribution in [0.25, 0.3) is 0 Å². The minimum atomic E-state index is -4.50. The summed E-state index contributed by atoms with van der Waals surface area (Å²) in [6.45, 7) is 0. The molecule has 1 saturated heterocycles. The van der Waals surface area contributed by atoms with Crippen LogP contribution in [-0.2, 0) is 29.2 Å². The van der Waals surface area contributed by atoms with Crippen LogP contribution in [0.15, 0.2) is 29.2 Å². The molecule has 2 aromatic rings. The summed E-state index contributed by atoms with van der Waals surface area (Å²) in [5, 5.41) is 0. The second kappa shape index (κ2) is 11.9. The fourth-order valence-electron chi connectivity index (χ4n) is 10.1. The molecule has 6 unspecified atom stereocenters. The lowest BCUT2D eigenvalue weighted by molar-refractivity contribution is -0.149. The molecule has 7 fully saturated rings. The van der Waals surface area contributed by atoms with Gasteiger partial charge in [-0.05, 0) is 188 Å². The molecule has 2 aromatic carbocycles. The van der Waals surface area contributed by atoms with Crippen molar-refractivity contribution in [2.45, 2.75) is 61.5 Å². The van der Waals surface area contributed by atoms with Crippen LogP contribution in [0.1, 0.15) is 60.4 Å². The van der Waals surface area contributed by atoms with Crippen molar-refractivity contribution in [3.63, 3.8) is 0 Å². The lowest BCUT2D eigenvalue weighted by Crippen LogP contribution is -2.44. The van der Waals surface area contributed by atoms with Gasteiger partial charge in [0, 0.05) is 26.1 Å². The number of halogens is 4. The molecule has 0 spiro atoms. The lowest BCUT2D eigenvalue weighted by Gasteiger charge is -2.54. The molecule has 244 valence electrons. The standard InChI is InChI=1S/C32H28I4O9S/c33-19-10-20(34)27(36)25(26(19)35)32(39)45-29-17-9-18-24(31(38)44-28(18)29)23(17)30(37)43-15-1-2-21(46(40,41)42)16(8-15)22-13-4-11-3-12(6-13)7-14(22)5-11/h1-2,8,10-14,17-18,22-24,28-29H,3-7,9H2,(H,40,41,42). The Balaban J connectivity index is 1.07. The van der Waals surface area contributed by atoms with Crippen molar-refractivity contribution in [1.82, 2.24) is 0 Å². The predicted octanol–water partition coefficient (Wildman–Crippen LogP) is 6.83. The Hall–Kier alpha value is -0.320. The normalized spacial score (nSPS) is 36.6. The Kier molecular flexibility index (Phi) is 8.49. The van der Waals surface area contributed by atoms with Crippen LogP contribution in [0.5, 0.6) is 5.75 Å². The van der Waals surface area contributed by atoms with Gasteiger partial charge in [-0.15, -0.1) is 0 Å². The highest BCUT2D eigenvalue weighted by molar-refractivity contribution is 14.1. The molecular weight excluding hydrogens is 1070 g/mol. The molecular formula is C32H28I4O9S. The van der Waals surface area contributed by atoms with E-state index in [1.165, 1.54) is 18.6 Å². The van der Waals surface area contributed by atoms with Crippen LogP contribution < -0.4 is 4.74 Å². The molecule has 6 saturated carbocycles. The number of benzene rings is 2. The van der Waals surface area contributed by atoms with Crippen LogP contribution >= 0.6 is 90.4 Å². The van der Waals surface area contributed by atoms with E-state index >= 15 is 0 Å². The van der Waals surface area contributed by atoms with Gasteiger partial charge in [0.1, 0.15) is 18.0 Å². The first-order chi connectivity index (χ1) is 21.8. The molecule has 14 heteroatoms. The van der Waals surface area contributed by atoms with E-state index in [1.54, 1.807) is 6.07 Å². The van der Waals surface area contributed by atoms with E-state index in [2.05, 4.69) is 90.4 Å². The number of hydrogen-bond donors (Lipinski definition) is 1. The Morgan fingerprint density at radius 2 is 1.48 bits per heavy atom. The van der Waals surface area contributed by atoms with Gasteiger partial charge in [-0.1, -0.05) is 0 Å². The summed E-state index contributed by atoms with van der Waals surface area (Å²) in [6, 6.07) is 6.32. The molecule has 1 N–H and O–H groups in total. The molecule has 6 atom stereocenters. The van der Waals surface area contributed by atoms with E-state index in [9.17, 15) is 27.4 Å². The van der Waals surface area contributed by atoms with Gasteiger partial charge in [0.15, 0.2) is 0 Å². The average Bonchev–Trinajstić information content (AvgIpc) is 3.59. The fraction of sp³-hybridized carbons (Fsp3) is 0.531. The zero-order chi connectivity index (χ0) is 32.4. The van der Waals surface area contributed by atoms with Gasteiger partial charge in [0.2, 0.25) is 0 Å². The Morgan fingerprint density at radius 1 is 0.848 bits per heavy atom. The van der Waals surface area contributed by atoms with Gasteiger partial charge in [0.05, 0.1) is 22.3 Å². The van der Waals surface area contributed by atoms with Crippen LogP contribution in [0.3, 0.4) is 0 Å². The molecule has 6 bridgehead atoms. The fourth-order valence-corrected chi connectivity index (χ4v) is 14.4. The summed E-state index contributed by atoms with van der Waals surface area (Å²) in [6.07, 6.45) is 4.53. The van der Waals surface area contributed by atoms with Crippen LogP contribution in [0.2, 0.25) is 0 Å². The Labute approximate surface area is 320 Å². The summed E-state index contributed by atoms with van der Waals surface area (Å²) in [4.78, 5) is 40.4. The number of carbonyl (C=O) groups is 3. The third-order valence-corrected chi connectivity index (χ3v) is 18.4. The molecule has 9 nitrogen and oxygen atoms in total. The van der Waals surface area contributed by atoms with Crippen molar-refractivity contribution in [1.29, 1.82) is 0 Å². The summed E-state index contributed by atoms with van der Waals surface area (Å²) in [5.74, 6) is -1.74.